The summed E-state index contributed by atoms with van der Waals surface area (Å²) in [6.07, 6.45) is 4.68. The Labute approximate surface area is 182 Å². The number of aromatic hydroxyl groups is 1. The predicted octanol–water partition coefficient (Wildman–Crippen LogP) is 3.28. The lowest BCUT2D eigenvalue weighted by atomic mass is 10.0. The van der Waals surface area contributed by atoms with Gasteiger partial charge in [-0.15, -0.1) is 5.10 Å². The first kappa shape index (κ1) is 24.3. The molecular weight excluding hydrogens is 400 g/mol. The third-order valence-corrected chi connectivity index (χ3v) is 4.83. The number of hydrogen-bond donors (Lipinski definition) is 1. The van der Waals surface area contributed by atoms with Crippen LogP contribution in [0.25, 0.3) is 0 Å². The van der Waals surface area contributed by atoms with E-state index in [1.807, 2.05) is 6.92 Å². The van der Waals surface area contributed by atoms with Gasteiger partial charge in [0.2, 0.25) is 0 Å². The number of tetrazole rings is 1. The molecule has 0 radical (unpaired) electrons. The molecule has 2 rings (SSSR count). The van der Waals surface area contributed by atoms with Crippen LogP contribution < -0.4 is 4.74 Å². The molecule has 0 bridgehead atoms. The number of ether oxygens (including phenoxy) is 2. The van der Waals surface area contributed by atoms with Crippen molar-refractivity contribution in [2.45, 2.75) is 72.3 Å². The maximum Gasteiger partial charge on any atom is 0.305 e. The van der Waals surface area contributed by atoms with Crippen molar-refractivity contribution in [1.82, 2.24) is 20.2 Å². The number of Topliss-reactive ketones (excluding diaryl/α,β-unsaturated/α-hetero) is 1. The lowest BCUT2D eigenvalue weighted by Crippen LogP contribution is -2.10. The highest BCUT2D eigenvalue weighted by molar-refractivity contribution is 5.97. The van der Waals surface area contributed by atoms with Crippen molar-refractivity contribution >= 4 is 11.8 Å². The Hall–Kier alpha value is -2.97. The van der Waals surface area contributed by atoms with Crippen molar-refractivity contribution < 1.29 is 24.2 Å². The van der Waals surface area contributed by atoms with Gasteiger partial charge in [-0.2, -0.15) is 0 Å². The van der Waals surface area contributed by atoms with E-state index in [0.29, 0.717) is 62.3 Å². The van der Waals surface area contributed by atoms with E-state index in [-0.39, 0.29) is 17.5 Å². The largest absolute Gasteiger partial charge is 0.507 e. The molecule has 2 aromatic rings. The van der Waals surface area contributed by atoms with Crippen LogP contribution >= 0.6 is 0 Å². The zero-order chi connectivity index (χ0) is 22.6. The molecule has 1 aromatic carbocycles. The molecular formula is C22H32N4O5. The highest BCUT2D eigenvalue weighted by Gasteiger charge is 2.16. The van der Waals surface area contributed by atoms with E-state index in [1.54, 1.807) is 23.7 Å². The Kier molecular flexibility index (Phi) is 9.93. The number of carbonyl (C=O) groups excluding carboxylic acids is 2. The third-order valence-electron chi connectivity index (χ3n) is 4.83. The van der Waals surface area contributed by atoms with Gasteiger partial charge in [-0.05, 0) is 62.1 Å². The number of esters is 1. The van der Waals surface area contributed by atoms with Gasteiger partial charge in [0.25, 0.3) is 0 Å². The van der Waals surface area contributed by atoms with Crippen LogP contribution in [0.4, 0.5) is 0 Å². The van der Waals surface area contributed by atoms with Crippen molar-refractivity contribution in [3.05, 3.63) is 29.1 Å². The SMILES string of the molecule is CCCc1c(OCCCCn2nnnc2CCCC(=O)OCC)ccc(C(C)=O)c1O. The van der Waals surface area contributed by atoms with Gasteiger partial charge in [0.15, 0.2) is 11.6 Å². The molecule has 0 unspecified atom stereocenters. The van der Waals surface area contributed by atoms with Crippen molar-refractivity contribution in [2.75, 3.05) is 13.2 Å². The molecule has 1 aromatic heterocycles. The van der Waals surface area contributed by atoms with Gasteiger partial charge in [0, 0.05) is 24.9 Å². The number of ketones is 1. The van der Waals surface area contributed by atoms with E-state index in [2.05, 4.69) is 15.5 Å². The number of nitrogens with zero attached hydrogens (tertiary/aromatic N) is 4. The molecule has 1 heterocycles. The minimum Gasteiger partial charge on any atom is -0.507 e. The number of hydrogen-bond acceptors (Lipinski definition) is 8. The van der Waals surface area contributed by atoms with Crippen molar-refractivity contribution in [3.8, 4) is 11.5 Å². The average Bonchev–Trinajstić information content (AvgIpc) is 3.17. The van der Waals surface area contributed by atoms with Gasteiger partial charge >= 0.3 is 5.97 Å². The van der Waals surface area contributed by atoms with E-state index in [4.69, 9.17) is 9.47 Å². The number of phenols is 1. The second-order valence-electron chi connectivity index (χ2n) is 7.28. The summed E-state index contributed by atoms with van der Waals surface area (Å²) in [5.74, 6) is 1.02. The maximum atomic E-state index is 11.7. The second kappa shape index (κ2) is 12.7. The van der Waals surface area contributed by atoms with E-state index < -0.39 is 0 Å². The van der Waals surface area contributed by atoms with E-state index in [1.165, 1.54) is 6.92 Å². The topological polar surface area (TPSA) is 116 Å². The fourth-order valence-electron chi connectivity index (χ4n) is 3.27. The zero-order valence-electron chi connectivity index (χ0n) is 18.6. The Morgan fingerprint density at radius 2 is 1.94 bits per heavy atom. The lowest BCUT2D eigenvalue weighted by molar-refractivity contribution is -0.143. The summed E-state index contributed by atoms with van der Waals surface area (Å²) in [6, 6.07) is 3.36. The summed E-state index contributed by atoms with van der Waals surface area (Å²) in [5, 5.41) is 22.2. The molecule has 9 heteroatoms. The third kappa shape index (κ3) is 7.34. The first-order valence-electron chi connectivity index (χ1n) is 10.9. The van der Waals surface area contributed by atoms with Crippen LogP contribution in [0.5, 0.6) is 11.5 Å². The molecule has 1 N–H and O–H groups in total. The van der Waals surface area contributed by atoms with Crippen LogP contribution in [0.15, 0.2) is 12.1 Å². The number of benzene rings is 1. The van der Waals surface area contributed by atoms with Crippen LogP contribution in [-0.4, -0.2) is 50.3 Å². The molecule has 0 saturated heterocycles. The van der Waals surface area contributed by atoms with Gasteiger partial charge in [-0.3, -0.25) is 9.59 Å². The summed E-state index contributed by atoms with van der Waals surface area (Å²) in [5.41, 5.74) is 1.00. The highest BCUT2D eigenvalue weighted by Crippen LogP contribution is 2.33. The van der Waals surface area contributed by atoms with Crippen LogP contribution in [0.3, 0.4) is 0 Å². The van der Waals surface area contributed by atoms with Crippen molar-refractivity contribution in [1.29, 1.82) is 0 Å². The van der Waals surface area contributed by atoms with Crippen molar-refractivity contribution in [2.24, 2.45) is 0 Å². The van der Waals surface area contributed by atoms with E-state index in [0.717, 1.165) is 25.1 Å². The van der Waals surface area contributed by atoms with Gasteiger partial charge in [0.05, 0.1) is 18.8 Å². The molecule has 0 fully saturated rings. The smallest absolute Gasteiger partial charge is 0.305 e. The van der Waals surface area contributed by atoms with Crippen LogP contribution in [0.2, 0.25) is 0 Å². The van der Waals surface area contributed by atoms with Crippen LogP contribution in [0.1, 0.15) is 74.6 Å². The number of unbranched alkanes of at least 4 members (excludes halogenated alkanes) is 1. The minimum atomic E-state index is -0.205. The Morgan fingerprint density at radius 3 is 2.65 bits per heavy atom. The molecule has 170 valence electrons. The highest BCUT2D eigenvalue weighted by atomic mass is 16.5. The number of phenolic OH excluding ortho intramolecular Hbond substituents is 1. The quantitative estimate of drug-likeness (QED) is 0.275. The van der Waals surface area contributed by atoms with Crippen LogP contribution in [0, 0.1) is 0 Å². The maximum absolute atomic E-state index is 11.7. The molecule has 0 aliphatic carbocycles. The summed E-state index contributed by atoms with van der Waals surface area (Å²) in [6.45, 7) is 6.77. The Balaban J connectivity index is 1.80. The average molecular weight is 433 g/mol. The number of rotatable bonds is 14. The summed E-state index contributed by atoms with van der Waals surface area (Å²) in [7, 11) is 0. The molecule has 31 heavy (non-hydrogen) atoms. The molecule has 0 spiro atoms. The number of carbonyl (C=O) groups is 2. The van der Waals surface area contributed by atoms with Gasteiger partial charge in [-0.1, -0.05) is 13.3 Å². The predicted molar refractivity (Wildman–Crippen MR) is 114 cm³/mol. The number of aryl methyl sites for hydroxylation is 2. The summed E-state index contributed by atoms with van der Waals surface area (Å²) < 4.78 is 12.6. The Bertz CT molecular complexity index is 866. The molecule has 0 atom stereocenters. The van der Waals surface area contributed by atoms with E-state index >= 15 is 0 Å². The van der Waals surface area contributed by atoms with Gasteiger partial charge < -0.3 is 14.6 Å². The molecule has 0 aliphatic rings. The summed E-state index contributed by atoms with van der Waals surface area (Å²) in [4.78, 5) is 23.1. The lowest BCUT2D eigenvalue weighted by Gasteiger charge is -2.14. The van der Waals surface area contributed by atoms with Gasteiger partial charge in [0.1, 0.15) is 11.5 Å². The fourth-order valence-corrected chi connectivity index (χ4v) is 3.27. The first-order valence-corrected chi connectivity index (χ1v) is 10.9. The number of aromatic nitrogens is 4. The van der Waals surface area contributed by atoms with Crippen LogP contribution in [-0.2, 0) is 28.9 Å². The zero-order valence-corrected chi connectivity index (χ0v) is 18.6. The standard InChI is InChI=1S/C22H32N4O5/c1-4-9-18-19(13-12-17(16(3)27)22(18)29)31-15-7-6-14-26-20(23-24-25-26)10-8-11-21(28)30-5-2/h12-13,29H,4-11,14-15H2,1-3H3. The van der Waals surface area contributed by atoms with Gasteiger partial charge in [-0.25, -0.2) is 4.68 Å². The minimum absolute atomic E-state index is 0.0213. The monoisotopic (exact) mass is 432 g/mol. The normalized spacial score (nSPS) is 10.8. The molecule has 0 amide bonds. The fraction of sp³-hybridized carbons (Fsp3) is 0.591. The summed E-state index contributed by atoms with van der Waals surface area (Å²) >= 11 is 0. The van der Waals surface area contributed by atoms with Crippen molar-refractivity contribution in [3.63, 3.8) is 0 Å². The molecule has 0 saturated carbocycles. The Morgan fingerprint density at radius 1 is 1.13 bits per heavy atom. The van der Waals surface area contributed by atoms with E-state index in [9.17, 15) is 14.7 Å². The first-order chi connectivity index (χ1) is 15.0. The second-order valence-corrected chi connectivity index (χ2v) is 7.28. The molecule has 9 nitrogen and oxygen atoms in total. The molecule has 0 aliphatic heterocycles.